The normalized spacial score (nSPS) is 15.5. The summed E-state index contributed by atoms with van der Waals surface area (Å²) in [5.41, 5.74) is -0.303. The number of nitrogens with zero attached hydrogens (tertiary/aromatic N) is 2. The summed E-state index contributed by atoms with van der Waals surface area (Å²) < 4.78 is 24.6. The average molecular weight is 377 g/mol. The molecule has 5 nitrogen and oxygen atoms in total. The van der Waals surface area contributed by atoms with E-state index in [4.69, 9.17) is 23.2 Å². The van der Waals surface area contributed by atoms with Gasteiger partial charge in [0.1, 0.15) is 4.90 Å². The Bertz CT molecular complexity index is 637. The van der Waals surface area contributed by atoms with Crippen LogP contribution in [-0.4, -0.2) is 31.7 Å². The van der Waals surface area contributed by atoms with Crippen molar-refractivity contribution in [1.29, 1.82) is 0 Å². The van der Waals surface area contributed by atoms with Gasteiger partial charge in [0.2, 0.25) is 0 Å². The van der Waals surface area contributed by atoms with E-state index >= 15 is 0 Å². The molecule has 0 saturated carbocycles. The van der Waals surface area contributed by atoms with Crippen LogP contribution in [0.1, 0.15) is 26.3 Å². The minimum atomic E-state index is -3.65. The molecular weight excluding hydrogens is 362 g/mol. The Labute approximate surface area is 177 Å². The van der Waals surface area contributed by atoms with Crippen molar-refractivity contribution >= 4 is 39.4 Å². The minimum absolute atomic E-state index is 0. The molecule has 0 bridgehead atoms. The number of hydrogen-bond acceptors (Lipinski definition) is 4. The van der Waals surface area contributed by atoms with Gasteiger partial charge in [0, 0.05) is 12.6 Å². The van der Waals surface area contributed by atoms with Crippen LogP contribution < -0.4 is 56.5 Å². The van der Waals surface area contributed by atoms with E-state index in [1.165, 1.54) is 19.3 Å². The zero-order valence-corrected chi connectivity index (χ0v) is 18.0. The van der Waals surface area contributed by atoms with E-state index in [2.05, 4.69) is 5.10 Å². The largest absolute Gasteiger partial charge is 1.00 e. The molecule has 2 rings (SSSR count). The van der Waals surface area contributed by atoms with Crippen LogP contribution in [0, 0.1) is 0 Å². The summed E-state index contributed by atoms with van der Waals surface area (Å²) in [5, 5.41) is 14.1. The Kier molecular flexibility index (Phi) is 8.39. The number of fused-ring (bicyclic) bond motifs is 1. The first-order valence-corrected chi connectivity index (χ1v) is 7.85. The SMILES string of the molecule is CC(C)(C)[O-].CN1N=Cc2ccc(Cl)c(Cl)c2S1(=O)=O.[K+]. The molecule has 0 saturated heterocycles. The summed E-state index contributed by atoms with van der Waals surface area (Å²) in [7, 11) is -2.32. The molecule has 1 heterocycles. The van der Waals surface area contributed by atoms with Crippen molar-refractivity contribution in [1.82, 2.24) is 4.41 Å². The van der Waals surface area contributed by atoms with Gasteiger partial charge in [-0.25, -0.2) is 0 Å². The first kappa shape index (κ1) is 21.8. The maximum atomic E-state index is 11.8. The smallest absolute Gasteiger partial charge is 0.850 e. The molecule has 0 unspecified atom stereocenters. The Morgan fingerprint density at radius 3 is 2.19 bits per heavy atom. The van der Waals surface area contributed by atoms with Gasteiger partial charge < -0.3 is 5.11 Å². The third-order valence-electron chi connectivity index (χ3n) is 2.05. The number of hydrazone groups is 1. The Balaban J connectivity index is 0.000000583. The molecule has 1 aliphatic rings. The van der Waals surface area contributed by atoms with Gasteiger partial charge in [0.15, 0.2) is 0 Å². The van der Waals surface area contributed by atoms with E-state index in [-0.39, 0.29) is 66.3 Å². The quantitative estimate of drug-likeness (QED) is 0.551. The second-order valence-corrected chi connectivity index (χ2v) is 7.75. The summed E-state index contributed by atoms with van der Waals surface area (Å²) in [6.07, 6.45) is 1.43. The van der Waals surface area contributed by atoms with Gasteiger partial charge in [-0.15, -0.1) is 5.60 Å². The van der Waals surface area contributed by atoms with Crippen molar-refractivity contribution in [2.75, 3.05) is 7.05 Å². The van der Waals surface area contributed by atoms with Crippen LogP contribution in [-0.2, 0) is 10.0 Å². The van der Waals surface area contributed by atoms with Crippen molar-refractivity contribution in [2.24, 2.45) is 5.10 Å². The standard InChI is InChI=1S/C8H6Cl2N2O2S.C4H9O.K/c1-12-11-4-5-2-3-6(9)7(10)8(5)15(12,13)14;1-4(2,3)5;/h2-4H,1H3;1-3H3;/q;-1;+1. The van der Waals surface area contributed by atoms with Gasteiger partial charge in [0.25, 0.3) is 10.0 Å². The molecule has 0 aromatic heterocycles. The van der Waals surface area contributed by atoms with Crippen LogP contribution in [0.5, 0.6) is 0 Å². The fraction of sp³-hybridized carbons (Fsp3) is 0.417. The van der Waals surface area contributed by atoms with Crippen LogP contribution >= 0.6 is 23.2 Å². The van der Waals surface area contributed by atoms with Gasteiger partial charge in [-0.3, -0.25) is 0 Å². The van der Waals surface area contributed by atoms with Crippen molar-refractivity contribution in [3.63, 3.8) is 0 Å². The van der Waals surface area contributed by atoms with E-state index in [9.17, 15) is 13.5 Å². The minimum Gasteiger partial charge on any atom is -0.850 e. The topological polar surface area (TPSA) is 72.8 Å². The van der Waals surface area contributed by atoms with Gasteiger partial charge >= 0.3 is 51.4 Å². The summed E-state index contributed by atoms with van der Waals surface area (Å²) in [5.74, 6) is 0. The van der Waals surface area contributed by atoms with Crippen LogP contribution in [0.3, 0.4) is 0 Å². The van der Waals surface area contributed by atoms with Gasteiger partial charge in [-0.2, -0.15) is 17.9 Å². The molecule has 1 aromatic carbocycles. The molecule has 0 N–H and O–H groups in total. The van der Waals surface area contributed by atoms with Crippen molar-refractivity contribution < 1.29 is 64.9 Å². The van der Waals surface area contributed by atoms with Crippen molar-refractivity contribution in [2.45, 2.75) is 31.3 Å². The third-order valence-corrected chi connectivity index (χ3v) is 4.71. The third kappa shape index (κ3) is 6.08. The first-order valence-electron chi connectivity index (χ1n) is 5.66. The Morgan fingerprint density at radius 2 is 1.71 bits per heavy atom. The number of benzene rings is 1. The molecule has 112 valence electrons. The van der Waals surface area contributed by atoms with E-state index in [0.717, 1.165) is 4.41 Å². The number of sulfonamides is 1. The average Bonchev–Trinajstić information content (AvgIpc) is 2.26. The van der Waals surface area contributed by atoms with Crippen LogP contribution in [0.4, 0.5) is 0 Å². The molecule has 0 atom stereocenters. The second kappa shape index (κ2) is 8.08. The maximum Gasteiger partial charge on any atom is 1.00 e. The number of halogens is 2. The second-order valence-electron chi connectivity index (χ2n) is 5.08. The van der Waals surface area contributed by atoms with E-state index in [0.29, 0.717) is 5.56 Å². The predicted molar refractivity (Wildman–Crippen MR) is 78.8 cm³/mol. The predicted octanol–water partition coefficient (Wildman–Crippen LogP) is -0.889. The van der Waals surface area contributed by atoms with Crippen LogP contribution in [0.2, 0.25) is 10.0 Å². The van der Waals surface area contributed by atoms with E-state index in [1.807, 2.05) is 0 Å². The number of hydrogen-bond donors (Lipinski definition) is 0. The monoisotopic (exact) mass is 376 g/mol. The number of rotatable bonds is 0. The molecule has 0 amide bonds. The maximum absolute atomic E-state index is 11.8. The zero-order valence-electron chi connectivity index (χ0n) is 12.5. The summed E-state index contributed by atoms with van der Waals surface area (Å²) in [6, 6.07) is 3.10. The molecule has 0 spiro atoms. The fourth-order valence-electron chi connectivity index (χ4n) is 1.25. The summed E-state index contributed by atoms with van der Waals surface area (Å²) >= 11 is 11.6. The van der Waals surface area contributed by atoms with Crippen molar-refractivity contribution in [3.8, 4) is 0 Å². The van der Waals surface area contributed by atoms with Crippen LogP contribution in [0.15, 0.2) is 22.1 Å². The molecule has 0 fully saturated rings. The molecule has 21 heavy (non-hydrogen) atoms. The van der Waals surface area contributed by atoms with Gasteiger partial charge in [-0.05, 0) is 6.07 Å². The molecule has 1 aromatic rings. The molecule has 9 heteroatoms. The van der Waals surface area contributed by atoms with Gasteiger partial charge in [0.05, 0.1) is 16.3 Å². The van der Waals surface area contributed by atoms with E-state index < -0.39 is 15.6 Å². The molecular formula is C12H15Cl2KN2O3S. The molecule has 0 aliphatic carbocycles. The Morgan fingerprint density at radius 1 is 1.24 bits per heavy atom. The molecule has 0 radical (unpaired) electrons. The van der Waals surface area contributed by atoms with Gasteiger partial charge in [-0.1, -0.05) is 50.0 Å². The van der Waals surface area contributed by atoms with Crippen molar-refractivity contribution in [3.05, 3.63) is 27.7 Å². The molecule has 1 aliphatic heterocycles. The fourth-order valence-corrected chi connectivity index (χ4v) is 3.12. The summed E-state index contributed by atoms with van der Waals surface area (Å²) in [6.45, 7) is 4.90. The van der Waals surface area contributed by atoms with E-state index in [1.54, 1.807) is 26.8 Å². The van der Waals surface area contributed by atoms with Crippen LogP contribution in [0.25, 0.3) is 0 Å². The first-order chi connectivity index (χ1) is 8.94. The summed E-state index contributed by atoms with van der Waals surface area (Å²) in [4.78, 5) is 0.00849. The Hall–Kier alpha value is 0.816. The zero-order chi connectivity index (χ0) is 15.7.